The van der Waals surface area contributed by atoms with E-state index in [0.29, 0.717) is 16.8 Å². The van der Waals surface area contributed by atoms with E-state index in [-0.39, 0.29) is 37.1 Å². The molecular weight excluding hydrogens is 431 g/mol. The number of carbonyl (C=O) groups excluding carboxylic acids is 2. The molecule has 0 saturated carbocycles. The standard InChI is InChI=1S/C27H25FN4O2/c1-19-7-5-9-21(15-19)26-24(18-32(31-26)23-11-3-2-4-12-23)27(34)30-14-13-29-25(33)17-20-8-6-10-22(28)16-20/h2-12,15-16,18H,13-14,17H2,1H3,(H,29,33)(H,30,34). The maximum absolute atomic E-state index is 13.3. The first kappa shape index (κ1) is 22.9. The van der Waals surface area contributed by atoms with Crippen molar-refractivity contribution in [1.29, 1.82) is 0 Å². The number of nitrogens with one attached hydrogen (secondary N) is 2. The molecule has 0 bridgehead atoms. The number of aromatic nitrogens is 2. The average molecular weight is 457 g/mol. The fourth-order valence-corrected chi connectivity index (χ4v) is 3.63. The highest BCUT2D eigenvalue weighted by atomic mass is 19.1. The van der Waals surface area contributed by atoms with Crippen molar-refractivity contribution < 1.29 is 14.0 Å². The van der Waals surface area contributed by atoms with Crippen LogP contribution in [0.2, 0.25) is 0 Å². The molecule has 0 atom stereocenters. The molecule has 3 aromatic carbocycles. The number of aryl methyl sites for hydroxylation is 1. The maximum atomic E-state index is 13.3. The van der Waals surface area contributed by atoms with Gasteiger partial charge < -0.3 is 10.6 Å². The van der Waals surface area contributed by atoms with Gasteiger partial charge in [-0.25, -0.2) is 9.07 Å². The van der Waals surface area contributed by atoms with Gasteiger partial charge in [-0.05, 0) is 42.8 Å². The second-order valence-corrected chi connectivity index (χ2v) is 7.95. The van der Waals surface area contributed by atoms with Crippen molar-refractivity contribution in [2.75, 3.05) is 13.1 Å². The number of benzene rings is 3. The third-order valence-corrected chi connectivity index (χ3v) is 5.26. The topological polar surface area (TPSA) is 76.0 Å². The van der Waals surface area contributed by atoms with Gasteiger partial charge in [0.2, 0.25) is 5.91 Å². The minimum Gasteiger partial charge on any atom is -0.354 e. The Morgan fingerprint density at radius 2 is 1.68 bits per heavy atom. The van der Waals surface area contributed by atoms with Crippen LogP contribution in [-0.2, 0) is 11.2 Å². The van der Waals surface area contributed by atoms with E-state index in [1.54, 1.807) is 23.0 Å². The minimum absolute atomic E-state index is 0.0764. The summed E-state index contributed by atoms with van der Waals surface area (Å²) in [5.74, 6) is -0.895. The Morgan fingerprint density at radius 3 is 2.44 bits per heavy atom. The normalized spacial score (nSPS) is 10.6. The molecule has 0 aliphatic heterocycles. The van der Waals surface area contributed by atoms with Crippen molar-refractivity contribution in [1.82, 2.24) is 20.4 Å². The number of carbonyl (C=O) groups is 2. The molecule has 0 aliphatic carbocycles. The number of hydrogen-bond acceptors (Lipinski definition) is 3. The van der Waals surface area contributed by atoms with Gasteiger partial charge in [-0.3, -0.25) is 9.59 Å². The third kappa shape index (κ3) is 5.75. The smallest absolute Gasteiger partial charge is 0.255 e. The molecule has 2 N–H and O–H groups in total. The van der Waals surface area contributed by atoms with Gasteiger partial charge in [0.15, 0.2) is 0 Å². The van der Waals surface area contributed by atoms with Gasteiger partial charge in [0.25, 0.3) is 5.91 Å². The number of para-hydroxylation sites is 1. The Kier molecular flexibility index (Phi) is 7.13. The van der Waals surface area contributed by atoms with Crippen LogP contribution in [0.3, 0.4) is 0 Å². The third-order valence-electron chi connectivity index (χ3n) is 5.26. The van der Waals surface area contributed by atoms with Gasteiger partial charge in [0.1, 0.15) is 11.5 Å². The van der Waals surface area contributed by atoms with Gasteiger partial charge in [-0.2, -0.15) is 5.10 Å². The monoisotopic (exact) mass is 456 g/mol. The lowest BCUT2D eigenvalue weighted by Crippen LogP contribution is -2.35. The number of amides is 2. The van der Waals surface area contributed by atoms with Crippen molar-refractivity contribution >= 4 is 11.8 Å². The van der Waals surface area contributed by atoms with Crippen molar-refractivity contribution in [2.24, 2.45) is 0 Å². The van der Waals surface area contributed by atoms with Crippen LogP contribution in [0.4, 0.5) is 4.39 Å². The van der Waals surface area contributed by atoms with Gasteiger partial charge in [-0.1, -0.05) is 54.1 Å². The summed E-state index contributed by atoms with van der Waals surface area (Å²) < 4.78 is 15.0. The Bertz CT molecular complexity index is 1300. The summed E-state index contributed by atoms with van der Waals surface area (Å²) in [7, 11) is 0. The van der Waals surface area contributed by atoms with Crippen LogP contribution in [0.25, 0.3) is 16.9 Å². The van der Waals surface area contributed by atoms with Crippen LogP contribution in [0.15, 0.2) is 85.1 Å². The molecule has 34 heavy (non-hydrogen) atoms. The van der Waals surface area contributed by atoms with Crippen LogP contribution in [0.5, 0.6) is 0 Å². The first-order valence-corrected chi connectivity index (χ1v) is 11.0. The zero-order valence-electron chi connectivity index (χ0n) is 18.8. The predicted octanol–water partition coefficient (Wildman–Crippen LogP) is 4.08. The lowest BCUT2D eigenvalue weighted by atomic mass is 10.1. The molecule has 0 radical (unpaired) electrons. The van der Waals surface area contributed by atoms with Crippen molar-refractivity contribution in [3.63, 3.8) is 0 Å². The Morgan fingerprint density at radius 1 is 0.912 bits per heavy atom. The van der Waals surface area contributed by atoms with Crippen LogP contribution < -0.4 is 10.6 Å². The molecule has 2 amide bonds. The molecule has 0 unspecified atom stereocenters. The van der Waals surface area contributed by atoms with Crippen molar-refractivity contribution in [2.45, 2.75) is 13.3 Å². The quantitative estimate of drug-likeness (QED) is 0.393. The summed E-state index contributed by atoms with van der Waals surface area (Å²) >= 11 is 0. The molecule has 1 heterocycles. The molecule has 6 nitrogen and oxygen atoms in total. The molecule has 0 fully saturated rings. The molecule has 0 saturated heterocycles. The van der Waals surface area contributed by atoms with Gasteiger partial charge in [0.05, 0.1) is 17.7 Å². The van der Waals surface area contributed by atoms with Crippen LogP contribution >= 0.6 is 0 Å². The summed E-state index contributed by atoms with van der Waals surface area (Å²) in [5, 5.41) is 10.3. The average Bonchev–Trinajstić information content (AvgIpc) is 3.28. The lowest BCUT2D eigenvalue weighted by Gasteiger charge is -2.08. The summed E-state index contributed by atoms with van der Waals surface area (Å²) in [6, 6.07) is 23.4. The van der Waals surface area contributed by atoms with E-state index in [1.165, 1.54) is 12.1 Å². The zero-order chi connectivity index (χ0) is 23.9. The lowest BCUT2D eigenvalue weighted by molar-refractivity contribution is -0.120. The number of rotatable bonds is 8. The van der Waals surface area contributed by atoms with Gasteiger partial charge in [0, 0.05) is 24.8 Å². The first-order valence-electron chi connectivity index (χ1n) is 11.0. The van der Waals surface area contributed by atoms with E-state index in [1.807, 2.05) is 61.5 Å². The van der Waals surface area contributed by atoms with E-state index in [0.717, 1.165) is 16.8 Å². The fraction of sp³-hybridized carbons (Fsp3) is 0.148. The SMILES string of the molecule is Cc1cccc(-c2nn(-c3ccccc3)cc2C(=O)NCCNC(=O)Cc2cccc(F)c2)c1. The first-order chi connectivity index (χ1) is 16.5. The zero-order valence-corrected chi connectivity index (χ0v) is 18.8. The molecule has 0 aliphatic rings. The molecule has 1 aromatic heterocycles. The Labute approximate surface area is 197 Å². The second-order valence-electron chi connectivity index (χ2n) is 7.95. The molecule has 4 rings (SSSR count). The predicted molar refractivity (Wildman–Crippen MR) is 129 cm³/mol. The van der Waals surface area contributed by atoms with E-state index in [2.05, 4.69) is 15.7 Å². The summed E-state index contributed by atoms with van der Waals surface area (Å²) in [4.78, 5) is 25.1. The number of nitrogens with zero attached hydrogens (tertiary/aromatic N) is 2. The Hall–Kier alpha value is -4.26. The van der Waals surface area contributed by atoms with Gasteiger partial charge >= 0.3 is 0 Å². The van der Waals surface area contributed by atoms with E-state index >= 15 is 0 Å². The largest absolute Gasteiger partial charge is 0.354 e. The number of halogens is 1. The highest BCUT2D eigenvalue weighted by Gasteiger charge is 2.18. The Balaban J connectivity index is 1.42. The van der Waals surface area contributed by atoms with E-state index in [9.17, 15) is 14.0 Å². The molecule has 4 aromatic rings. The second kappa shape index (κ2) is 10.6. The number of hydrogen-bond donors (Lipinski definition) is 2. The maximum Gasteiger partial charge on any atom is 0.255 e. The van der Waals surface area contributed by atoms with Crippen LogP contribution in [0.1, 0.15) is 21.5 Å². The highest BCUT2D eigenvalue weighted by Crippen LogP contribution is 2.24. The van der Waals surface area contributed by atoms with E-state index < -0.39 is 0 Å². The fourth-order valence-electron chi connectivity index (χ4n) is 3.63. The highest BCUT2D eigenvalue weighted by molar-refractivity contribution is 6.00. The van der Waals surface area contributed by atoms with Crippen molar-refractivity contribution in [3.05, 3.63) is 108 Å². The molecule has 172 valence electrons. The summed E-state index contributed by atoms with van der Waals surface area (Å²) in [6.07, 6.45) is 1.79. The minimum atomic E-state index is -0.377. The van der Waals surface area contributed by atoms with Crippen molar-refractivity contribution in [3.8, 4) is 16.9 Å². The summed E-state index contributed by atoms with van der Waals surface area (Å²) in [5.41, 5.74) is 4.39. The molecular formula is C27H25FN4O2. The summed E-state index contributed by atoms with van der Waals surface area (Å²) in [6.45, 7) is 2.49. The molecule has 7 heteroatoms. The van der Waals surface area contributed by atoms with Crippen LogP contribution in [-0.4, -0.2) is 34.7 Å². The van der Waals surface area contributed by atoms with Crippen LogP contribution in [0, 0.1) is 12.7 Å². The molecule has 0 spiro atoms. The van der Waals surface area contributed by atoms with Gasteiger partial charge in [-0.15, -0.1) is 0 Å². The van der Waals surface area contributed by atoms with E-state index in [4.69, 9.17) is 0 Å².